The maximum absolute atomic E-state index is 14.5. The van der Waals surface area contributed by atoms with Crippen molar-refractivity contribution in [3.8, 4) is 11.4 Å². The Morgan fingerprint density at radius 3 is 2.97 bits per heavy atom. The van der Waals surface area contributed by atoms with Crippen LogP contribution in [0.5, 0.6) is 0 Å². The zero-order valence-electron chi connectivity index (χ0n) is 16.3. The fourth-order valence-electron chi connectivity index (χ4n) is 3.55. The summed E-state index contributed by atoms with van der Waals surface area (Å²) in [4.78, 5) is 22.9. The van der Waals surface area contributed by atoms with Gasteiger partial charge in [0.05, 0.1) is 27.3 Å². The van der Waals surface area contributed by atoms with Crippen LogP contribution < -0.4 is 4.90 Å². The second-order valence-corrected chi connectivity index (χ2v) is 8.53. The smallest absolute Gasteiger partial charge is 0.306 e. The summed E-state index contributed by atoms with van der Waals surface area (Å²) in [7, 11) is 0. The van der Waals surface area contributed by atoms with Crippen LogP contribution in [-0.4, -0.2) is 35.1 Å². The van der Waals surface area contributed by atoms with Crippen LogP contribution in [0.3, 0.4) is 0 Å². The van der Waals surface area contributed by atoms with Gasteiger partial charge in [0.15, 0.2) is 11.6 Å². The van der Waals surface area contributed by atoms with E-state index in [1.54, 1.807) is 0 Å². The minimum Gasteiger partial charge on any atom is -0.460 e. The maximum Gasteiger partial charge on any atom is 0.306 e. The minimum atomic E-state index is -0.732. The largest absolute Gasteiger partial charge is 0.460 e. The monoisotopic (exact) mass is 451 g/mol. The predicted molar refractivity (Wildman–Crippen MR) is 114 cm³/mol. The highest BCUT2D eigenvalue weighted by Gasteiger charge is 2.26. The van der Waals surface area contributed by atoms with Crippen LogP contribution in [0.25, 0.3) is 21.6 Å². The quantitative estimate of drug-likeness (QED) is 0.373. The van der Waals surface area contributed by atoms with Crippen LogP contribution in [0.2, 0.25) is 5.02 Å². The number of nitrogens with zero attached hydrogens (tertiary/aromatic N) is 3. The highest BCUT2D eigenvalue weighted by molar-refractivity contribution is 7.17. The van der Waals surface area contributed by atoms with Gasteiger partial charge in [-0.1, -0.05) is 18.5 Å². The second kappa shape index (κ2) is 8.81. The van der Waals surface area contributed by atoms with Gasteiger partial charge in [-0.3, -0.25) is 4.79 Å². The minimum absolute atomic E-state index is 0.0471. The van der Waals surface area contributed by atoms with Gasteiger partial charge in [-0.25, -0.2) is 18.7 Å². The zero-order valence-corrected chi connectivity index (χ0v) is 17.9. The van der Waals surface area contributed by atoms with E-state index in [9.17, 15) is 13.6 Å². The first-order valence-electron chi connectivity index (χ1n) is 9.81. The van der Waals surface area contributed by atoms with Gasteiger partial charge in [-0.2, -0.15) is 0 Å². The molecule has 0 saturated carbocycles. The lowest BCUT2D eigenvalue weighted by atomic mass is 10.1. The number of aromatic nitrogens is 2. The molecule has 0 N–H and O–H groups in total. The third-order valence-electron chi connectivity index (χ3n) is 4.97. The maximum atomic E-state index is 14.5. The Bertz CT molecular complexity index is 1090. The first-order chi connectivity index (χ1) is 14.5. The van der Waals surface area contributed by atoms with Crippen molar-refractivity contribution in [3.05, 3.63) is 40.2 Å². The molecule has 3 heterocycles. The SMILES string of the molecule is CCCC(=O)OC1CCCN(c2nc(-c3cc(F)c(Cl)cc3F)nc3ccsc23)C1. The highest BCUT2D eigenvalue weighted by Crippen LogP contribution is 2.34. The van der Waals surface area contributed by atoms with Crippen LogP contribution in [0, 0.1) is 11.6 Å². The van der Waals surface area contributed by atoms with E-state index in [2.05, 4.69) is 9.97 Å². The fourth-order valence-corrected chi connectivity index (χ4v) is 4.55. The van der Waals surface area contributed by atoms with Gasteiger partial charge >= 0.3 is 5.97 Å². The lowest BCUT2D eigenvalue weighted by Gasteiger charge is -2.33. The molecule has 4 rings (SSSR count). The Morgan fingerprint density at radius 2 is 2.17 bits per heavy atom. The Labute approximate surface area is 181 Å². The zero-order chi connectivity index (χ0) is 21.3. The number of anilines is 1. The van der Waals surface area contributed by atoms with Crippen molar-refractivity contribution in [3.63, 3.8) is 0 Å². The molecule has 0 radical (unpaired) electrons. The van der Waals surface area contributed by atoms with Gasteiger partial charge in [0.25, 0.3) is 0 Å². The van der Waals surface area contributed by atoms with Crippen LogP contribution in [0.4, 0.5) is 14.6 Å². The van der Waals surface area contributed by atoms with Gasteiger partial charge in [-0.05, 0) is 42.8 Å². The fraction of sp³-hybridized carbons (Fsp3) is 0.381. The van der Waals surface area contributed by atoms with E-state index < -0.39 is 11.6 Å². The molecule has 1 saturated heterocycles. The Kier molecular flexibility index (Phi) is 6.15. The van der Waals surface area contributed by atoms with Crippen molar-refractivity contribution in [1.29, 1.82) is 0 Å². The number of benzene rings is 1. The molecule has 1 fully saturated rings. The van der Waals surface area contributed by atoms with Crippen molar-refractivity contribution in [2.75, 3.05) is 18.0 Å². The number of hydrogen-bond acceptors (Lipinski definition) is 6. The molecule has 1 aliphatic rings. The number of rotatable bonds is 5. The van der Waals surface area contributed by atoms with E-state index in [4.69, 9.17) is 16.3 Å². The topological polar surface area (TPSA) is 55.3 Å². The number of carbonyl (C=O) groups is 1. The summed E-state index contributed by atoms with van der Waals surface area (Å²) in [6, 6.07) is 3.76. The third kappa shape index (κ3) is 4.25. The lowest BCUT2D eigenvalue weighted by molar-refractivity contribution is -0.149. The average molecular weight is 452 g/mol. The first kappa shape index (κ1) is 20.9. The summed E-state index contributed by atoms with van der Waals surface area (Å²) >= 11 is 7.16. The van der Waals surface area contributed by atoms with Crippen LogP contribution >= 0.6 is 22.9 Å². The molecule has 30 heavy (non-hydrogen) atoms. The molecule has 2 aromatic heterocycles. The molecule has 0 aliphatic carbocycles. The molecule has 3 aromatic rings. The third-order valence-corrected chi connectivity index (χ3v) is 6.16. The van der Waals surface area contributed by atoms with E-state index in [-0.39, 0.29) is 28.5 Å². The van der Waals surface area contributed by atoms with E-state index in [1.165, 1.54) is 11.3 Å². The summed E-state index contributed by atoms with van der Waals surface area (Å²) in [5.74, 6) is -0.894. The van der Waals surface area contributed by atoms with Gasteiger partial charge in [0, 0.05) is 13.0 Å². The highest BCUT2D eigenvalue weighted by atomic mass is 35.5. The molecule has 9 heteroatoms. The molecule has 0 amide bonds. The summed E-state index contributed by atoms with van der Waals surface area (Å²) in [5, 5.41) is 1.59. The van der Waals surface area contributed by atoms with Gasteiger partial charge < -0.3 is 9.64 Å². The summed E-state index contributed by atoms with van der Waals surface area (Å²) in [6.45, 7) is 3.15. The molecule has 158 valence electrons. The number of ether oxygens (including phenoxy) is 1. The van der Waals surface area contributed by atoms with Crippen molar-refractivity contribution in [2.45, 2.75) is 38.7 Å². The van der Waals surface area contributed by atoms with Crippen LogP contribution in [-0.2, 0) is 9.53 Å². The lowest BCUT2D eigenvalue weighted by Crippen LogP contribution is -2.41. The van der Waals surface area contributed by atoms with Crippen molar-refractivity contribution >= 4 is 44.9 Å². The number of hydrogen-bond donors (Lipinski definition) is 0. The molecule has 1 unspecified atom stereocenters. The number of piperidine rings is 1. The van der Waals surface area contributed by atoms with E-state index in [1.807, 2.05) is 23.3 Å². The van der Waals surface area contributed by atoms with Crippen molar-refractivity contribution in [1.82, 2.24) is 9.97 Å². The van der Waals surface area contributed by atoms with Crippen molar-refractivity contribution in [2.24, 2.45) is 0 Å². The molecule has 0 bridgehead atoms. The molecular weight excluding hydrogens is 432 g/mol. The number of fused-ring (bicyclic) bond motifs is 1. The number of esters is 1. The Hall–Kier alpha value is -2.32. The summed E-state index contributed by atoms with van der Waals surface area (Å²) < 4.78 is 34.9. The van der Waals surface area contributed by atoms with E-state index in [0.717, 1.165) is 42.6 Å². The molecule has 1 atom stereocenters. The molecule has 5 nitrogen and oxygen atoms in total. The van der Waals surface area contributed by atoms with Gasteiger partial charge in [-0.15, -0.1) is 11.3 Å². The number of halogens is 3. The summed E-state index contributed by atoms with van der Waals surface area (Å²) in [5.41, 5.74) is 0.606. The molecule has 0 spiro atoms. The normalized spacial score (nSPS) is 16.8. The van der Waals surface area contributed by atoms with Gasteiger partial charge in [0.1, 0.15) is 17.7 Å². The molecule has 1 aromatic carbocycles. The standard InChI is InChI=1S/C21H20ClF2N3O2S/c1-2-4-18(28)29-12-5-3-7-27(11-12)21-19-17(6-8-30-19)25-20(26-21)13-9-16(24)14(22)10-15(13)23/h6,8-10,12H,2-5,7,11H2,1H3. The summed E-state index contributed by atoms with van der Waals surface area (Å²) in [6.07, 6.45) is 2.53. The first-order valence-corrected chi connectivity index (χ1v) is 11.1. The molecule has 1 aliphatic heterocycles. The van der Waals surface area contributed by atoms with Crippen LogP contribution in [0.15, 0.2) is 23.6 Å². The number of thiophene rings is 1. The second-order valence-electron chi connectivity index (χ2n) is 7.20. The Balaban J connectivity index is 1.70. The van der Waals surface area contributed by atoms with Gasteiger partial charge in [0.2, 0.25) is 0 Å². The van der Waals surface area contributed by atoms with Crippen LogP contribution in [0.1, 0.15) is 32.6 Å². The Morgan fingerprint density at radius 1 is 1.33 bits per heavy atom. The van der Waals surface area contributed by atoms with E-state index >= 15 is 0 Å². The molecular formula is C21H20ClF2N3O2S. The average Bonchev–Trinajstić information content (AvgIpc) is 3.19. The number of carbonyl (C=O) groups excluding carboxylic acids is 1. The van der Waals surface area contributed by atoms with Crippen molar-refractivity contribution < 1.29 is 18.3 Å². The predicted octanol–water partition coefficient (Wildman–Crippen LogP) is 5.60. The van der Waals surface area contributed by atoms with E-state index in [0.29, 0.717) is 24.3 Å².